The van der Waals surface area contributed by atoms with Crippen LogP contribution in [0.4, 0.5) is 0 Å². The van der Waals surface area contributed by atoms with E-state index < -0.39 is 17.4 Å². The van der Waals surface area contributed by atoms with Gasteiger partial charge in [0.25, 0.3) is 0 Å². The standard InChI is InChI=1S/C13H24O4/c1-6-10(5)8-13(9(3)4,11(14)15)12(16)17-7-2/h9-10H,6-8H2,1-5H3,(H,14,15). The maximum Gasteiger partial charge on any atom is 0.323 e. The Morgan fingerprint density at radius 3 is 2.06 bits per heavy atom. The first-order valence-corrected chi connectivity index (χ1v) is 6.23. The van der Waals surface area contributed by atoms with E-state index in [2.05, 4.69) is 0 Å². The van der Waals surface area contributed by atoms with E-state index in [4.69, 9.17) is 4.74 Å². The average molecular weight is 244 g/mol. The highest BCUT2D eigenvalue weighted by Gasteiger charge is 2.50. The minimum atomic E-state index is -1.41. The molecule has 0 aromatic carbocycles. The Morgan fingerprint density at radius 2 is 1.76 bits per heavy atom. The molecule has 0 saturated carbocycles. The van der Waals surface area contributed by atoms with Crippen LogP contribution in [0.5, 0.6) is 0 Å². The molecule has 0 aliphatic carbocycles. The van der Waals surface area contributed by atoms with Crippen molar-refractivity contribution in [3.8, 4) is 0 Å². The lowest BCUT2D eigenvalue weighted by Crippen LogP contribution is -2.46. The first-order chi connectivity index (χ1) is 7.82. The third-order valence-electron chi connectivity index (χ3n) is 3.37. The molecule has 0 bridgehead atoms. The van der Waals surface area contributed by atoms with E-state index >= 15 is 0 Å². The van der Waals surface area contributed by atoms with Crippen LogP contribution >= 0.6 is 0 Å². The van der Waals surface area contributed by atoms with Gasteiger partial charge in [0, 0.05) is 0 Å². The fourth-order valence-corrected chi connectivity index (χ4v) is 1.93. The number of carboxylic acid groups (broad SMARTS) is 1. The Bertz CT molecular complexity index is 273. The van der Waals surface area contributed by atoms with Crippen molar-refractivity contribution in [2.45, 2.75) is 47.5 Å². The van der Waals surface area contributed by atoms with Crippen molar-refractivity contribution in [1.82, 2.24) is 0 Å². The summed E-state index contributed by atoms with van der Waals surface area (Å²) in [5.41, 5.74) is -1.41. The molecule has 0 fully saturated rings. The molecule has 1 N–H and O–H groups in total. The number of carbonyl (C=O) groups excluding carboxylic acids is 1. The van der Waals surface area contributed by atoms with Gasteiger partial charge in [-0.05, 0) is 25.2 Å². The maximum atomic E-state index is 12.0. The third-order valence-corrected chi connectivity index (χ3v) is 3.37. The molecule has 0 aliphatic heterocycles. The highest BCUT2D eigenvalue weighted by molar-refractivity contribution is 5.99. The average Bonchev–Trinajstić information content (AvgIpc) is 2.24. The Morgan fingerprint density at radius 1 is 1.24 bits per heavy atom. The van der Waals surface area contributed by atoms with Gasteiger partial charge in [-0.1, -0.05) is 34.1 Å². The predicted molar refractivity (Wildman–Crippen MR) is 65.6 cm³/mol. The summed E-state index contributed by atoms with van der Waals surface area (Å²) in [6, 6.07) is 0. The molecule has 0 saturated heterocycles. The molecular formula is C13H24O4. The van der Waals surface area contributed by atoms with Crippen LogP contribution in [0.25, 0.3) is 0 Å². The summed E-state index contributed by atoms with van der Waals surface area (Å²) in [5.74, 6) is -1.79. The highest BCUT2D eigenvalue weighted by Crippen LogP contribution is 2.37. The summed E-state index contributed by atoms with van der Waals surface area (Å²) in [6.07, 6.45) is 1.18. The van der Waals surface area contributed by atoms with Crippen molar-refractivity contribution >= 4 is 11.9 Å². The Kier molecular flexibility index (Phi) is 6.21. The fraction of sp³-hybridized carbons (Fsp3) is 0.846. The second-order valence-corrected chi connectivity index (χ2v) is 4.87. The van der Waals surface area contributed by atoms with E-state index in [-0.39, 0.29) is 18.4 Å². The largest absolute Gasteiger partial charge is 0.480 e. The summed E-state index contributed by atoms with van der Waals surface area (Å²) in [5, 5.41) is 9.43. The zero-order valence-corrected chi connectivity index (χ0v) is 11.4. The molecule has 0 spiro atoms. The van der Waals surface area contributed by atoms with E-state index in [0.29, 0.717) is 6.42 Å². The SMILES string of the molecule is CCOC(=O)C(CC(C)CC)(C(=O)O)C(C)C. The van der Waals surface area contributed by atoms with Gasteiger partial charge < -0.3 is 9.84 Å². The molecule has 2 atom stereocenters. The van der Waals surface area contributed by atoms with Gasteiger partial charge in [-0.25, -0.2) is 0 Å². The molecule has 4 nitrogen and oxygen atoms in total. The lowest BCUT2D eigenvalue weighted by molar-refractivity contribution is -0.174. The number of hydrogen-bond donors (Lipinski definition) is 1. The van der Waals surface area contributed by atoms with Crippen LogP contribution in [0.2, 0.25) is 0 Å². The molecule has 0 heterocycles. The van der Waals surface area contributed by atoms with E-state index in [1.54, 1.807) is 20.8 Å². The summed E-state index contributed by atoms with van der Waals surface area (Å²) in [6.45, 7) is 9.36. The van der Waals surface area contributed by atoms with Crippen LogP contribution in [0, 0.1) is 17.3 Å². The number of carbonyl (C=O) groups is 2. The van der Waals surface area contributed by atoms with Gasteiger partial charge in [-0.3, -0.25) is 9.59 Å². The van der Waals surface area contributed by atoms with Gasteiger partial charge in [0.15, 0.2) is 5.41 Å². The van der Waals surface area contributed by atoms with Crippen molar-refractivity contribution in [2.75, 3.05) is 6.61 Å². The molecule has 100 valence electrons. The monoisotopic (exact) mass is 244 g/mol. The number of carboxylic acids is 1. The van der Waals surface area contributed by atoms with Crippen LogP contribution in [-0.2, 0) is 14.3 Å². The number of aliphatic carboxylic acids is 1. The Balaban J connectivity index is 5.28. The van der Waals surface area contributed by atoms with Crippen molar-refractivity contribution in [3.05, 3.63) is 0 Å². The second kappa shape index (κ2) is 6.62. The van der Waals surface area contributed by atoms with Crippen LogP contribution in [0.3, 0.4) is 0 Å². The van der Waals surface area contributed by atoms with Crippen LogP contribution in [-0.4, -0.2) is 23.7 Å². The molecule has 0 aliphatic rings. The zero-order valence-electron chi connectivity index (χ0n) is 11.4. The van der Waals surface area contributed by atoms with E-state index in [0.717, 1.165) is 6.42 Å². The first-order valence-electron chi connectivity index (χ1n) is 6.23. The smallest absolute Gasteiger partial charge is 0.323 e. The predicted octanol–water partition coefficient (Wildman–Crippen LogP) is 2.71. The van der Waals surface area contributed by atoms with Crippen LogP contribution in [0.1, 0.15) is 47.5 Å². The number of esters is 1. The minimum absolute atomic E-state index is 0.179. The highest BCUT2D eigenvalue weighted by atomic mass is 16.5. The summed E-state index contributed by atoms with van der Waals surface area (Å²) >= 11 is 0. The molecule has 2 unspecified atom stereocenters. The second-order valence-electron chi connectivity index (χ2n) is 4.87. The van der Waals surface area contributed by atoms with Crippen LogP contribution < -0.4 is 0 Å². The Hall–Kier alpha value is -1.06. The van der Waals surface area contributed by atoms with Crippen molar-refractivity contribution in [3.63, 3.8) is 0 Å². The number of rotatable bonds is 7. The third kappa shape index (κ3) is 3.45. The Labute approximate surface area is 103 Å². The molecular weight excluding hydrogens is 220 g/mol. The molecule has 0 radical (unpaired) electrons. The van der Waals surface area contributed by atoms with Crippen molar-refractivity contribution < 1.29 is 19.4 Å². The molecule has 4 heteroatoms. The van der Waals surface area contributed by atoms with E-state index in [1.165, 1.54) is 0 Å². The maximum absolute atomic E-state index is 12.0. The summed E-state index contributed by atoms with van der Waals surface area (Å²) < 4.78 is 4.96. The molecule has 0 aromatic heterocycles. The summed E-state index contributed by atoms with van der Waals surface area (Å²) in [7, 11) is 0. The molecule has 17 heavy (non-hydrogen) atoms. The molecule has 0 rings (SSSR count). The topological polar surface area (TPSA) is 63.6 Å². The van der Waals surface area contributed by atoms with Crippen LogP contribution in [0.15, 0.2) is 0 Å². The van der Waals surface area contributed by atoms with Gasteiger partial charge in [-0.15, -0.1) is 0 Å². The van der Waals surface area contributed by atoms with Crippen molar-refractivity contribution in [2.24, 2.45) is 17.3 Å². The summed E-state index contributed by atoms with van der Waals surface area (Å²) in [4.78, 5) is 23.5. The number of hydrogen-bond acceptors (Lipinski definition) is 3. The molecule has 0 amide bonds. The fourth-order valence-electron chi connectivity index (χ4n) is 1.93. The molecule has 0 aromatic rings. The normalized spacial score (nSPS) is 16.4. The van der Waals surface area contributed by atoms with E-state index in [9.17, 15) is 14.7 Å². The van der Waals surface area contributed by atoms with Gasteiger partial charge in [-0.2, -0.15) is 0 Å². The van der Waals surface area contributed by atoms with Gasteiger partial charge in [0.2, 0.25) is 0 Å². The minimum Gasteiger partial charge on any atom is -0.480 e. The number of ether oxygens (including phenoxy) is 1. The lowest BCUT2D eigenvalue weighted by atomic mass is 9.71. The zero-order chi connectivity index (χ0) is 13.6. The van der Waals surface area contributed by atoms with Crippen molar-refractivity contribution in [1.29, 1.82) is 0 Å². The van der Waals surface area contributed by atoms with Gasteiger partial charge in [0.05, 0.1) is 6.61 Å². The quantitative estimate of drug-likeness (QED) is 0.552. The van der Waals surface area contributed by atoms with Gasteiger partial charge >= 0.3 is 11.9 Å². The first kappa shape index (κ1) is 15.9. The lowest BCUT2D eigenvalue weighted by Gasteiger charge is -2.32. The van der Waals surface area contributed by atoms with E-state index in [1.807, 2.05) is 13.8 Å². The van der Waals surface area contributed by atoms with Gasteiger partial charge in [0.1, 0.15) is 0 Å².